The number of hydrogen-bond donors (Lipinski definition) is 1. The quantitative estimate of drug-likeness (QED) is 0.685. The predicted molar refractivity (Wildman–Crippen MR) is 111 cm³/mol. The molecule has 2 aromatic carbocycles. The second-order valence-electron chi connectivity index (χ2n) is 6.60. The number of halogens is 1. The summed E-state index contributed by atoms with van der Waals surface area (Å²) in [6.45, 7) is 0.682. The molecule has 0 aromatic heterocycles. The molecule has 0 saturated carbocycles. The average Bonchev–Trinajstić information content (AvgIpc) is 3.25. The molecule has 1 aliphatic rings. The van der Waals surface area contributed by atoms with Crippen molar-refractivity contribution in [3.8, 4) is 5.75 Å². The van der Waals surface area contributed by atoms with E-state index in [1.165, 1.54) is 19.2 Å². The SMILES string of the molecule is COc1ccc(S(=O)(=O)N(CC(=O)NC[C@@H]2CCCO2)c2ccc(Cl)cc2)cc1. The Bertz CT molecular complexity index is 926. The minimum atomic E-state index is -3.98. The van der Waals surface area contributed by atoms with E-state index in [0.29, 0.717) is 29.6 Å². The Balaban J connectivity index is 1.83. The predicted octanol–water partition coefficient (Wildman–Crippen LogP) is 2.84. The number of nitrogens with zero attached hydrogens (tertiary/aromatic N) is 1. The topological polar surface area (TPSA) is 84.9 Å². The van der Waals surface area contributed by atoms with Crippen molar-refractivity contribution in [2.75, 3.05) is 31.1 Å². The molecule has 1 aliphatic heterocycles. The maximum absolute atomic E-state index is 13.3. The first kappa shape index (κ1) is 21.4. The number of nitrogens with one attached hydrogen (secondary N) is 1. The lowest BCUT2D eigenvalue weighted by Crippen LogP contribution is -2.42. The number of carbonyl (C=O) groups excluding carboxylic acids is 1. The molecule has 0 unspecified atom stereocenters. The van der Waals surface area contributed by atoms with Crippen LogP contribution in [0.4, 0.5) is 5.69 Å². The van der Waals surface area contributed by atoms with E-state index in [4.69, 9.17) is 21.1 Å². The van der Waals surface area contributed by atoms with E-state index in [1.807, 2.05) is 0 Å². The fourth-order valence-electron chi connectivity index (χ4n) is 3.02. The van der Waals surface area contributed by atoms with Gasteiger partial charge in [0.15, 0.2) is 0 Å². The van der Waals surface area contributed by atoms with Crippen molar-refractivity contribution < 1.29 is 22.7 Å². The summed E-state index contributed by atoms with van der Waals surface area (Å²) in [5.74, 6) is 0.129. The smallest absolute Gasteiger partial charge is 0.264 e. The standard InChI is InChI=1S/C20H23ClN2O5S/c1-27-17-8-10-19(11-9-17)29(25,26)23(16-6-4-15(21)5-7-16)14-20(24)22-13-18-3-2-12-28-18/h4-11,18H,2-3,12-14H2,1H3,(H,22,24)/t18-/m0/s1. The molecule has 1 amide bonds. The maximum atomic E-state index is 13.3. The fraction of sp³-hybridized carbons (Fsp3) is 0.350. The van der Waals surface area contributed by atoms with Gasteiger partial charge < -0.3 is 14.8 Å². The van der Waals surface area contributed by atoms with Crippen LogP contribution in [0.3, 0.4) is 0 Å². The normalized spacial score (nSPS) is 16.4. The molecule has 0 aliphatic carbocycles. The highest BCUT2D eigenvalue weighted by Gasteiger charge is 2.27. The van der Waals surface area contributed by atoms with Crippen molar-refractivity contribution >= 4 is 33.2 Å². The molecule has 1 atom stereocenters. The number of anilines is 1. The van der Waals surface area contributed by atoms with Crippen LogP contribution in [0.5, 0.6) is 5.75 Å². The first-order valence-corrected chi connectivity index (χ1v) is 11.0. The number of sulfonamides is 1. The minimum Gasteiger partial charge on any atom is -0.497 e. The van der Waals surface area contributed by atoms with Crippen LogP contribution in [0, 0.1) is 0 Å². The molecule has 9 heteroatoms. The molecule has 29 heavy (non-hydrogen) atoms. The second-order valence-corrected chi connectivity index (χ2v) is 8.90. The molecule has 3 rings (SSSR count). The van der Waals surface area contributed by atoms with Gasteiger partial charge in [0.25, 0.3) is 10.0 Å². The Morgan fingerprint density at radius 3 is 2.48 bits per heavy atom. The summed E-state index contributed by atoms with van der Waals surface area (Å²) >= 11 is 5.93. The van der Waals surface area contributed by atoms with Crippen LogP contribution < -0.4 is 14.4 Å². The number of amides is 1. The Hall–Kier alpha value is -2.29. The number of benzene rings is 2. The minimum absolute atomic E-state index is 0.0267. The second kappa shape index (κ2) is 9.47. The van der Waals surface area contributed by atoms with E-state index >= 15 is 0 Å². The Kier molecular flexibility index (Phi) is 7.00. The summed E-state index contributed by atoms with van der Waals surface area (Å²) in [5, 5.41) is 3.23. The van der Waals surface area contributed by atoms with Crippen molar-refractivity contribution in [3.05, 3.63) is 53.6 Å². The molecule has 1 heterocycles. The van der Waals surface area contributed by atoms with Crippen molar-refractivity contribution in [2.24, 2.45) is 0 Å². The molecular formula is C20H23ClN2O5S. The highest BCUT2D eigenvalue weighted by Crippen LogP contribution is 2.26. The monoisotopic (exact) mass is 438 g/mol. The van der Waals surface area contributed by atoms with Gasteiger partial charge in [-0.1, -0.05) is 11.6 Å². The molecule has 1 N–H and O–H groups in total. The highest BCUT2D eigenvalue weighted by atomic mass is 35.5. The van der Waals surface area contributed by atoms with Crippen LogP contribution in [0.15, 0.2) is 53.4 Å². The van der Waals surface area contributed by atoms with Crippen LogP contribution in [-0.2, 0) is 19.6 Å². The molecular weight excluding hydrogens is 416 g/mol. The van der Waals surface area contributed by atoms with Crippen LogP contribution in [0.25, 0.3) is 0 Å². The molecule has 0 spiro atoms. The van der Waals surface area contributed by atoms with Crippen molar-refractivity contribution in [3.63, 3.8) is 0 Å². The van der Waals surface area contributed by atoms with Gasteiger partial charge in [-0.25, -0.2) is 8.42 Å². The molecule has 1 saturated heterocycles. The van der Waals surface area contributed by atoms with Gasteiger partial charge in [0, 0.05) is 18.2 Å². The van der Waals surface area contributed by atoms with Crippen molar-refractivity contribution in [2.45, 2.75) is 23.8 Å². The number of hydrogen-bond acceptors (Lipinski definition) is 5. The lowest BCUT2D eigenvalue weighted by molar-refractivity contribution is -0.120. The largest absolute Gasteiger partial charge is 0.497 e. The van der Waals surface area contributed by atoms with Gasteiger partial charge >= 0.3 is 0 Å². The molecule has 0 radical (unpaired) electrons. The molecule has 7 nitrogen and oxygen atoms in total. The summed E-state index contributed by atoms with van der Waals surface area (Å²) in [6.07, 6.45) is 1.82. The fourth-order valence-corrected chi connectivity index (χ4v) is 4.56. The Morgan fingerprint density at radius 1 is 1.21 bits per heavy atom. The molecule has 0 bridgehead atoms. The van der Waals surface area contributed by atoms with Gasteiger partial charge in [-0.05, 0) is 61.4 Å². The third-order valence-corrected chi connectivity index (χ3v) is 6.64. The summed E-state index contributed by atoms with van der Waals surface area (Å²) < 4.78 is 38.2. The number of rotatable bonds is 8. The summed E-state index contributed by atoms with van der Waals surface area (Å²) in [4.78, 5) is 12.6. The van der Waals surface area contributed by atoms with E-state index in [9.17, 15) is 13.2 Å². The van der Waals surface area contributed by atoms with Gasteiger partial charge in [0.05, 0.1) is 23.8 Å². The number of methoxy groups -OCH3 is 1. The first-order valence-electron chi connectivity index (χ1n) is 9.21. The maximum Gasteiger partial charge on any atom is 0.264 e. The van der Waals surface area contributed by atoms with Crippen LogP contribution in [0.1, 0.15) is 12.8 Å². The van der Waals surface area contributed by atoms with Gasteiger partial charge in [-0.2, -0.15) is 0 Å². The summed E-state index contributed by atoms with van der Waals surface area (Å²) in [7, 11) is -2.48. The van der Waals surface area contributed by atoms with E-state index in [1.54, 1.807) is 36.4 Å². The van der Waals surface area contributed by atoms with Gasteiger partial charge in [-0.3, -0.25) is 9.10 Å². The zero-order valence-electron chi connectivity index (χ0n) is 16.0. The molecule has 1 fully saturated rings. The van der Waals surface area contributed by atoms with E-state index < -0.39 is 15.9 Å². The molecule has 2 aromatic rings. The lowest BCUT2D eigenvalue weighted by Gasteiger charge is -2.24. The van der Waals surface area contributed by atoms with Crippen LogP contribution in [0.2, 0.25) is 5.02 Å². The summed E-state index contributed by atoms with van der Waals surface area (Å²) in [5.41, 5.74) is 0.345. The lowest BCUT2D eigenvalue weighted by atomic mass is 10.2. The third-order valence-electron chi connectivity index (χ3n) is 4.60. The Morgan fingerprint density at radius 2 is 1.90 bits per heavy atom. The highest BCUT2D eigenvalue weighted by molar-refractivity contribution is 7.92. The Labute approximate surface area is 175 Å². The van der Waals surface area contributed by atoms with Crippen LogP contribution in [-0.4, -0.2) is 47.2 Å². The van der Waals surface area contributed by atoms with Crippen LogP contribution >= 0.6 is 11.6 Å². The number of carbonyl (C=O) groups is 1. The number of ether oxygens (including phenoxy) is 2. The van der Waals surface area contributed by atoms with E-state index in [2.05, 4.69) is 5.32 Å². The summed E-state index contributed by atoms with van der Waals surface area (Å²) in [6, 6.07) is 12.3. The van der Waals surface area contributed by atoms with Crippen molar-refractivity contribution in [1.29, 1.82) is 0 Å². The van der Waals surface area contributed by atoms with Crippen molar-refractivity contribution in [1.82, 2.24) is 5.32 Å². The average molecular weight is 439 g/mol. The zero-order chi connectivity index (χ0) is 20.9. The van der Waals surface area contributed by atoms with E-state index in [-0.39, 0.29) is 17.5 Å². The first-order chi connectivity index (χ1) is 13.9. The van der Waals surface area contributed by atoms with Gasteiger partial charge in [0.2, 0.25) is 5.91 Å². The third kappa shape index (κ3) is 5.41. The van der Waals surface area contributed by atoms with Gasteiger partial charge in [-0.15, -0.1) is 0 Å². The molecule has 156 valence electrons. The van der Waals surface area contributed by atoms with E-state index in [0.717, 1.165) is 17.1 Å². The van der Waals surface area contributed by atoms with Gasteiger partial charge in [0.1, 0.15) is 12.3 Å². The zero-order valence-corrected chi connectivity index (χ0v) is 17.6.